The molecule has 12 nitrogen and oxygen atoms in total. The molecule has 4 aromatic rings. The number of pyridine rings is 1. The van der Waals surface area contributed by atoms with E-state index in [4.69, 9.17) is 15.3 Å². The number of rotatable bonds is 6. The fourth-order valence-electron chi connectivity index (χ4n) is 5.48. The minimum absolute atomic E-state index is 0.134. The highest BCUT2D eigenvalue weighted by atomic mass is 19.1. The summed E-state index contributed by atoms with van der Waals surface area (Å²) in [5, 5.41) is 7.73. The van der Waals surface area contributed by atoms with Gasteiger partial charge in [0, 0.05) is 31.0 Å². The zero-order valence-electron chi connectivity index (χ0n) is 23.4. The first-order valence-corrected chi connectivity index (χ1v) is 13.5. The average molecular weight is 572 g/mol. The number of aryl methyl sites for hydroxylation is 2. The minimum atomic E-state index is -0.400. The topological polar surface area (TPSA) is 157 Å². The molecule has 13 heteroatoms. The Hall–Kier alpha value is -5.07. The lowest BCUT2D eigenvalue weighted by Crippen LogP contribution is -2.39. The third kappa shape index (κ3) is 5.32. The second-order valence-corrected chi connectivity index (χ2v) is 10.2. The fourth-order valence-corrected chi connectivity index (χ4v) is 5.48. The largest absolute Gasteiger partial charge is 0.481 e. The van der Waals surface area contributed by atoms with Gasteiger partial charge in [-0.3, -0.25) is 4.79 Å². The number of nitrogens with zero attached hydrogens (tertiary/aromatic N) is 6. The van der Waals surface area contributed by atoms with E-state index >= 15 is 0 Å². The van der Waals surface area contributed by atoms with E-state index in [9.17, 15) is 9.18 Å². The van der Waals surface area contributed by atoms with Crippen LogP contribution in [0.2, 0.25) is 0 Å². The van der Waals surface area contributed by atoms with E-state index < -0.39 is 11.9 Å². The highest BCUT2D eigenvalue weighted by Crippen LogP contribution is 2.34. The first-order valence-electron chi connectivity index (χ1n) is 13.5. The number of hydrogen-bond acceptors (Lipinski definition) is 9. The van der Waals surface area contributed by atoms with Gasteiger partial charge in [0.1, 0.15) is 11.6 Å². The number of H-pyrrole nitrogens is 1. The number of amides is 1. The van der Waals surface area contributed by atoms with Crippen LogP contribution in [0.4, 0.5) is 10.3 Å². The molecular weight excluding hydrogens is 541 g/mol. The number of halogens is 1. The molecule has 1 atom stereocenters. The van der Waals surface area contributed by atoms with E-state index in [1.165, 1.54) is 19.2 Å². The van der Waals surface area contributed by atoms with E-state index in [1.807, 2.05) is 6.92 Å². The molecule has 1 aromatic carbocycles. The van der Waals surface area contributed by atoms with E-state index in [1.54, 1.807) is 36.1 Å². The quantitative estimate of drug-likeness (QED) is 0.296. The van der Waals surface area contributed by atoms with Crippen molar-refractivity contribution in [3.8, 4) is 17.1 Å². The average Bonchev–Trinajstić information content (AvgIpc) is 3.35. The maximum atomic E-state index is 14.5. The van der Waals surface area contributed by atoms with Crippen molar-refractivity contribution in [1.29, 1.82) is 0 Å². The number of anilines is 1. The summed E-state index contributed by atoms with van der Waals surface area (Å²) in [6.07, 6.45) is 1.10. The molecule has 0 aliphatic carbocycles. The number of nitrogens with two attached hydrogens (primary N) is 1. The van der Waals surface area contributed by atoms with Gasteiger partial charge < -0.3 is 30.5 Å². The lowest BCUT2D eigenvalue weighted by atomic mass is 9.90. The van der Waals surface area contributed by atoms with Gasteiger partial charge in [0.15, 0.2) is 12.4 Å². The van der Waals surface area contributed by atoms with Crippen LogP contribution in [-0.4, -0.2) is 61.8 Å². The summed E-state index contributed by atoms with van der Waals surface area (Å²) in [5.74, 6) is 1.13. The van der Waals surface area contributed by atoms with Gasteiger partial charge in [0.05, 0.1) is 53.7 Å². The number of oxime groups is 1. The van der Waals surface area contributed by atoms with Gasteiger partial charge in [0.2, 0.25) is 11.8 Å². The fraction of sp³-hybridized carbons (Fsp3) is 0.310. The van der Waals surface area contributed by atoms with E-state index in [-0.39, 0.29) is 18.5 Å². The van der Waals surface area contributed by atoms with Crippen molar-refractivity contribution < 1.29 is 18.8 Å². The van der Waals surface area contributed by atoms with E-state index in [0.29, 0.717) is 65.9 Å². The van der Waals surface area contributed by atoms with E-state index in [2.05, 4.69) is 35.4 Å². The smallest absolute Gasteiger partial charge is 0.263 e. The van der Waals surface area contributed by atoms with Crippen molar-refractivity contribution in [2.24, 2.45) is 5.16 Å². The molecule has 0 unspecified atom stereocenters. The molecular formula is C29H30FN9O3. The van der Waals surface area contributed by atoms with Gasteiger partial charge in [-0.15, -0.1) is 0 Å². The molecule has 0 saturated heterocycles. The predicted octanol–water partition coefficient (Wildman–Crippen LogP) is 2.76. The lowest BCUT2D eigenvalue weighted by Gasteiger charge is -2.30. The van der Waals surface area contributed by atoms with Crippen molar-refractivity contribution in [2.75, 3.05) is 26.0 Å². The molecule has 4 N–H and O–H groups in total. The molecule has 42 heavy (non-hydrogen) atoms. The lowest BCUT2D eigenvalue weighted by molar-refractivity contribution is -0.137. The van der Waals surface area contributed by atoms with Crippen LogP contribution in [0.15, 0.2) is 41.6 Å². The van der Waals surface area contributed by atoms with Gasteiger partial charge >= 0.3 is 0 Å². The van der Waals surface area contributed by atoms with Crippen molar-refractivity contribution in [3.05, 3.63) is 81.9 Å². The third-order valence-electron chi connectivity index (χ3n) is 7.37. The number of methoxy groups -OCH3 is 1. The molecule has 0 saturated carbocycles. The summed E-state index contributed by atoms with van der Waals surface area (Å²) >= 11 is 0. The number of imidazole rings is 1. The third-order valence-corrected chi connectivity index (χ3v) is 7.37. The number of fused-ring (bicyclic) bond motifs is 2. The van der Waals surface area contributed by atoms with Crippen LogP contribution in [0.3, 0.4) is 0 Å². The van der Waals surface area contributed by atoms with Gasteiger partial charge in [-0.1, -0.05) is 17.3 Å². The first kappa shape index (κ1) is 27.1. The Morgan fingerprint density at radius 1 is 1.17 bits per heavy atom. The molecule has 2 aliphatic rings. The number of aromatic amines is 1. The molecule has 216 valence electrons. The molecule has 0 fully saturated rings. The highest BCUT2D eigenvalue weighted by molar-refractivity contribution is 6.01. The molecule has 6 rings (SSSR count). The van der Waals surface area contributed by atoms with Crippen LogP contribution in [0, 0.1) is 19.7 Å². The normalized spacial score (nSPS) is 16.9. The van der Waals surface area contributed by atoms with Crippen LogP contribution in [0.25, 0.3) is 11.3 Å². The Morgan fingerprint density at radius 2 is 2.02 bits per heavy atom. The Bertz CT molecular complexity index is 1700. The van der Waals surface area contributed by atoms with Crippen LogP contribution < -0.4 is 15.8 Å². The molecule has 2 aliphatic heterocycles. The number of ether oxygens (including phenoxy) is 1. The number of benzene rings is 1. The molecule has 5 heterocycles. The van der Waals surface area contributed by atoms with Crippen molar-refractivity contribution in [1.82, 2.24) is 35.1 Å². The Labute approximate surface area is 241 Å². The molecule has 3 aromatic heterocycles. The highest BCUT2D eigenvalue weighted by Gasteiger charge is 2.31. The second-order valence-electron chi connectivity index (χ2n) is 10.2. The van der Waals surface area contributed by atoms with Crippen LogP contribution in [0.1, 0.15) is 45.8 Å². The Kier molecular flexibility index (Phi) is 7.15. The first-order chi connectivity index (χ1) is 20.3. The SMILES string of the molecule is COc1cccc(-c2cc(F)ccc2[C@H]2Cc3nc(N)nc(C)c3/C(=N/OCC(=O)N3CCc4nc(C)[nH]c4C3)N2)n1. The predicted molar refractivity (Wildman–Crippen MR) is 152 cm³/mol. The minimum Gasteiger partial charge on any atom is -0.481 e. The Morgan fingerprint density at radius 3 is 2.86 bits per heavy atom. The molecule has 0 spiro atoms. The van der Waals surface area contributed by atoms with Gasteiger partial charge in [-0.05, 0) is 37.6 Å². The van der Waals surface area contributed by atoms with Crippen LogP contribution >= 0.6 is 0 Å². The van der Waals surface area contributed by atoms with Crippen molar-refractivity contribution in [3.63, 3.8) is 0 Å². The zero-order valence-corrected chi connectivity index (χ0v) is 23.4. The summed E-state index contributed by atoms with van der Waals surface area (Å²) in [6.45, 7) is 4.44. The van der Waals surface area contributed by atoms with Gasteiger partial charge in [-0.2, -0.15) is 0 Å². The van der Waals surface area contributed by atoms with Crippen molar-refractivity contribution >= 4 is 17.7 Å². The zero-order chi connectivity index (χ0) is 29.4. The summed E-state index contributed by atoms with van der Waals surface area (Å²) < 4.78 is 19.8. The summed E-state index contributed by atoms with van der Waals surface area (Å²) in [5.41, 5.74) is 11.7. The summed E-state index contributed by atoms with van der Waals surface area (Å²) in [4.78, 5) is 41.3. The van der Waals surface area contributed by atoms with Crippen LogP contribution in [0.5, 0.6) is 5.88 Å². The van der Waals surface area contributed by atoms with Gasteiger partial charge in [-0.25, -0.2) is 24.3 Å². The monoisotopic (exact) mass is 571 g/mol. The number of nitrogen functional groups attached to an aromatic ring is 1. The van der Waals surface area contributed by atoms with Crippen molar-refractivity contribution in [2.45, 2.75) is 39.3 Å². The standard InChI is InChI=1S/C29H30FN9O3/c1-15-27-23(37-29(31)32-15)12-22(18-8-7-17(30)11-19(18)20-5-4-6-25(35-20)41-3)36-28(27)38-42-14-26(40)39-10-9-21-24(13-39)34-16(2)33-21/h4-8,11,22H,9-10,12-14H2,1-3H3,(H,33,34)(H,36,38)(H2,31,32,37)/t22-/m1/s1. The number of carbonyl (C=O) groups is 1. The molecule has 0 radical (unpaired) electrons. The number of amidine groups is 1. The molecule has 1 amide bonds. The van der Waals surface area contributed by atoms with Crippen LogP contribution in [-0.2, 0) is 29.0 Å². The number of hydrogen-bond donors (Lipinski definition) is 3. The van der Waals surface area contributed by atoms with E-state index in [0.717, 1.165) is 22.8 Å². The number of aromatic nitrogens is 5. The number of nitrogens with one attached hydrogen (secondary N) is 2. The second kappa shape index (κ2) is 11.1. The Balaban J connectivity index is 1.28. The maximum absolute atomic E-state index is 14.5. The molecule has 0 bridgehead atoms. The maximum Gasteiger partial charge on any atom is 0.263 e. The van der Waals surface area contributed by atoms with Gasteiger partial charge in [0.25, 0.3) is 5.91 Å². The summed E-state index contributed by atoms with van der Waals surface area (Å²) in [6, 6.07) is 9.46. The summed E-state index contributed by atoms with van der Waals surface area (Å²) in [7, 11) is 1.53. The number of carbonyl (C=O) groups excluding carboxylic acids is 1.